The summed E-state index contributed by atoms with van der Waals surface area (Å²) in [5.41, 5.74) is 0. The number of ketones is 1. The Bertz CT molecular complexity index is 128. The first-order valence-corrected chi connectivity index (χ1v) is 4.63. The first-order valence-electron chi connectivity index (χ1n) is 4.63. The van der Waals surface area contributed by atoms with E-state index in [1.807, 2.05) is 0 Å². The smallest absolute Gasteiger partial charge is 0.155 e. The van der Waals surface area contributed by atoms with E-state index in [0.717, 1.165) is 13.1 Å². The second-order valence-corrected chi connectivity index (χ2v) is 2.72. The van der Waals surface area contributed by atoms with Gasteiger partial charge in [0.2, 0.25) is 0 Å². The third-order valence-corrected chi connectivity index (χ3v) is 1.35. The number of likely N-dealkylation sites (N-methyl/N-ethyl adjacent to an activating group) is 1. The van der Waals surface area contributed by atoms with Gasteiger partial charge >= 0.3 is 0 Å². The van der Waals surface area contributed by atoms with Crippen molar-refractivity contribution in [2.24, 2.45) is 0 Å². The lowest BCUT2D eigenvalue weighted by atomic mass is 10.5. The van der Waals surface area contributed by atoms with Crippen LogP contribution >= 0.6 is 0 Å². The minimum absolute atomic E-state index is 0.0487. The predicted octanol–water partition coefficient (Wildman–Crippen LogP) is 0.218. The quantitative estimate of drug-likeness (QED) is 0.527. The molecule has 0 aliphatic rings. The molecule has 0 bridgehead atoms. The Labute approximate surface area is 79.6 Å². The van der Waals surface area contributed by atoms with Gasteiger partial charge in [-0.3, -0.25) is 4.79 Å². The SMILES string of the molecule is CCNCCOCCOCC(C)=O. The maximum Gasteiger partial charge on any atom is 0.155 e. The van der Waals surface area contributed by atoms with E-state index in [1.54, 1.807) is 0 Å². The van der Waals surface area contributed by atoms with E-state index in [2.05, 4.69) is 12.2 Å². The van der Waals surface area contributed by atoms with E-state index >= 15 is 0 Å². The second kappa shape index (κ2) is 9.64. The number of hydrogen-bond donors (Lipinski definition) is 1. The van der Waals surface area contributed by atoms with Crippen molar-refractivity contribution in [2.75, 3.05) is 39.5 Å². The normalized spacial score (nSPS) is 10.3. The standard InChI is InChI=1S/C9H19NO3/c1-3-10-4-5-12-6-7-13-8-9(2)11/h10H,3-8H2,1-2H3. The van der Waals surface area contributed by atoms with Crippen molar-refractivity contribution in [2.45, 2.75) is 13.8 Å². The Morgan fingerprint density at radius 3 is 2.54 bits per heavy atom. The number of nitrogens with one attached hydrogen (secondary N) is 1. The molecule has 0 amide bonds. The van der Waals surface area contributed by atoms with Crippen molar-refractivity contribution in [3.05, 3.63) is 0 Å². The summed E-state index contributed by atoms with van der Waals surface area (Å²) in [6.45, 7) is 7.31. The lowest BCUT2D eigenvalue weighted by molar-refractivity contribution is -0.121. The van der Waals surface area contributed by atoms with Crippen molar-refractivity contribution in [3.63, 3.8) is 0 Å². The Morgan fingerprint density at radius 2 is 1.92 bits per heavy atom. The summed E-state index contributed by atoms with van der Waals surface area (Å²) in [5, 5.41) is 3.14. The molecular weight excluding hydrogens is 170 g/mol. The number of Topliss-reactive ketones (excluding diaryl/α,β-unsaturated/α-hetero) is 1. The molecule has 4 nitrogen and oxygen atoms in total. The fraction of sp³-hybridized carbons (Fsp3) is 0.889. The summed E-state index contributed by atoms with van der Waals surface area (Å²) in [5.74, 6) is 0.0487. The molecule has 0 unspecified atom stereocenters. The fourth-order valence-corrected chi connectivity index (χ4v) is 0.757. The molecule has 78 valence electrons. The van der Waals surface area contributed by atoms with E-state index in [0.29, 0.717) is 19.8 Å². The first kappa shape index (κ1) is 12.6. The molecular formula is C9H19NO3. The first-order chi connectivity index (χ1) is 6.27. The van der Waals surface area contributed by atoms with Crippen molar-refractivity contribution in [1.29, 1.82) is 0 Å². The molecule has 0 saturated heterocycles. The summed E-state index contributed by atoms with van der Waals surface area (Å²) < 4.78 is 10.2. The molecule has 0 spiro atoms. The molecule has 13 heavy (non-hydrogen) atoms. The number of ether oxygens (including phenoxy) is 2. The van der Waals surface area contributed by atoms with E-state index in [9.17, 15) is 4.79 Å². The number of carbonyl (C=O) groups excluding carboxylic acids is 1. The van der Waals surface area contributed by atoms with Gasteiger partial charge in [-0.15, -0.1) is 0 Å². The van der Waals surface area contributed by atoms with Gasteiger partial charge in [0.25, 0.3) is 0 Å². The largest absolute Gasteiger partial charge is 0.378 e. The third-order valence-electron chi connectivity index (χ3n) is 1.35. The highest BCUT2D eigenvalue weighted by Crippen LogP contribution is 1.79. The van der Waals surface area contributed by atoms with E-state index < -0.39 is 0 Å². The molecule has 0 aliphatic heterocycles. The molecule has 0 aromatic heterocycles. The third kappa shape index (κ3) is 11.5. The zero-order valence-electron chi connectivity index (χ0n) is 8.47. The lowest BCUT2D eigenvalue weighted by Gasteiger charge is -2.04. The van der Waals surface area contributed by atoms with Gasteiger partial charge in [-0.1, -0.05) is 6.92 Å². The van der Waals surface area contributed by atoms with Crippen LogP contribution in [0, 0.1) is 0 Å². The van der Waals surface area contributed by atoms with Crippen LogP contribution in [-0.2, 0) is 14.3 Å². The fourth-order valence-electron chi connectivity index (χ4n) is 0.757. The topological polar surface area (TPSA) is 47.6 Å². The van der Waals surface area contributed by atoms with Gasteiger partial charge in [0.05, 0.1) is 19.8 Å². The van der Waals surface area contributed by atoms with Crippen LogP contribution in [0.4, 0.5) is 0 Å². The summed E-state index contributed by atoms with van der Waals surface area (Å²) in [6, 6.07) is 0. The number of rotatable bonds is 9. The molecule has 0 atom stereocenters. The summed E-state index contributed by atoms with van der Waals surface area (Å²) >= 11 is 0. The lowest BCUT2D eigenvalue weighted by Crippen LogP contribution is -2.20. The van der Waals surface area contributed by atoms with Gasteiger partial charge in [0.1, 0.15) is 6.61 Å². The van der Waals surface area contributed by atoms with Gasteiger partial charge in [0, 0.05) is 6.54 Å². The van der Waals surface area contributed by atoms with Gasteiger partial charge in [-0.05, 0) is 13.5 Å². The molecule has 0 heterocycles. The molecule has 0 aromatic carbocycles. The zero-order valence-corrected chi connectivity index (χ0v) is 8.47. The molecule has 0 fully saturated rings. The van der Waals surface area contributed by atoms with Crippen molar-refractivity contribution >= 4 is 5.78 Å². The number of carbonyl (C=O) groups is 1. The van der Waals surface area contributed by atoms with Crippen molar-refractivity contribution in [3.8, 4) is 0 Å². The van der Waals surface area contributed by atoms with E-state index in [1.165, 1.54) is 6.92 Å². The van der Waals surface area contributed by atoms with Crippen LogP contribution in [0.15, 0.2) is 0 Å². The van der Waals surface area contributed by atoms with E-state index in [-0.39, 0.29) is 12.4 Å². The van der Waals surface area contributed by atoms with Crippen LogP contribution in [0.2, 0.25) is 0 Å². The Hall–Kier alpha value is -0.450. The summed E-state index contributed by atoms with van der Waals surface area (Å²) in [4.78, 5) is 10.4. The Kier molecular flexibility index (Phi) is 9.30. The number of hydrogen-bond acceptors (Lipinski definition) is 4. The average molecular weight is 189 g/mol. The van der Waals surface area contributed by atoms with Crippen LogP contribution in [0.3, 0.4) is 0 Å². The molecule has 0 aromatic rings. The minimum Gasteiger partial charge on any atom is -0.378 e. The summed E-state index contributed by atoms with van der Waals surface area (Å²) in [7, 11) is 0. The minimum atomic E-state index is 0.0487. The van der Waals surface area contributed by atoms with Crippen molar-refractivity contribution < 1.29 is 14.3 Å². The predicted molar refractivity (Wildman–Crippen MR) is 50.9 cm³/mol. The molecule has 0 radical (unpaired) electrons. The highest BCUT2D eigenvalue weighted by molar-refractivity contribution is 5.76. The van der Waals surface area contributed by atoms with Crippen LogP contribution < -0.4 is 5.32 Å². The second-order valence-electron chi connectivity index (χ2n) is 2.72. The monoisotopic (exact) mass is 189 g/mol. The molecule has 0 saturated carbocycles. The van der Waals surface area contributed by atoms with Gasteiger partial charge < -0.3 is 14.8 Å². The maximum absolute atomic E-state index is 10.4. The van der Waals surface area contributed by atoms with Crippen molar-refractivity contribution in [1.82, 2.24) is 5.32 Å². The zero-order chi connectivity index (χ0) is 9.94. The Morgan fingerprint density at radius 1 is 1.23 bits per heavy atom. The van der Waals surface area contributed by atoms with Gasteiger partial charge in [-0.2, -0.15) is 0 Å². The van der Waals surface area contributed by atoms with Crippen LogP contribution in [0.25, 0.3) is 0 Å². The maximum atomic E-state index is 10.4. The Balaban J connectivity index is 2.87. The molecule has 0 aliphatic carbocycles. The highest BCUT2D eigenvalue weighted by atomic mass is 16.5. The highest BCUT2D eigenvalue weighted by Gasteiger charge is 1.92. The van der Waals surface area contributed by atoms with Gasteiger partial charge in [-0.25, -0.2) is 0 Å². The average Bonchev–Trinajstić information content (AvgIpc) is 2.09. The summed E-state index contributed by atoms with van der Waals surface area (Å²) in [6.07, 6.45) is 0. The molecule has 0 rings (SSSR count). The van der Waals surface area contributed by atoms with Crippen LogP contribution in [0.1, 0.15) is 13.8 Å². The van der Waals surface area contributed by atoms with E-state index in [4.69, 9.17) is 9.47 Å². The molecule has 1 N–H and O–H groups in total. The molecule has 4 heteroatoms. The van der Waals surface area contributed by atoms with Crippen LogP contribution in [0.5, 0.6) is 0 Å². The van der Waals surface area contributed by atoms with Crippen LogP contribution in [-0.4, -0.2) is 45.3 Å². The van der Waals surface area contributed by atoms with Gasteiger partial charge in [0.15, 0.2) is 5.78 Å².